The fourth-order valence-electron chi connectivity index (χ4n) is 2.89. The molecule has 0 radical (unpaired) electrons. The summed E-state index contributed by atoms with van der Waals surface area (Å²) in [5, 5.41) is 0.366. The second-order valence-electron chi connectivity index (χ2n) is 5.74. The zero-order valence-electron chi connectivity index (χ0n) is 13.1. The van der Waals surface area contributed by atoms with Gasteiger partial charge in [0.05, 0.1) is 6.04 Å². The summed E-state index contributed by atoms with van der Waals surface area (Å²) >= 11 is 9.57. The van der Waals surface area contributed by atoms with Gasteiger partial charge in [0, 0.05) is 18.9 Å². The van der Waals surface area contributed by atoms with Gasteiger partial charge < -0.3 is 4.74 Å². The predicted octanol–water partition coefficient (Wildman–Crippen LogP) is 4.23. The summed E-state index contributed by atoms with van der Waals surface area (Å²) < 4.78 is 7.90. The second kappa shape index (κ2) is 6.65. The number of ether oxygens (including phenoxy) is 1. The van der Waals surface area contributed by atoms with Gasteiger partial charge in [-0.3, -0.25) is 9.30 Å². The van der Waals surface area contributed by atoms with Crippen LogP contribution in [0.15, 0.2) is 47.3 Å². The van der Waals surface area contributed by atoms with E-state index in [1.165, 1.54) is 0 Å². The molecule has 4 rings (SSSR count). The molecule has 1 saturated heterocycles. The van der Waals surface area contributed by atoms with E-state index in [4.69, 9.17) is 16.3 Å². The molecule has 25 heavy (non-hydrogen) atoms. The summed E-state index contributed by atoms with van der Waals surface area (Å²) in [7, 11) is 0. The Morgan fingerprint density at radius 3 is 2.88 bits per heavy atom. The highest BCUT2D eigenvalue weighted by Gasteiger charge is 2.38. The van der Waals surface area contributed by atoms with E-state index in [2.05, 4.69) is 25.9 Å². The van der Waals surface area contributed by atoms with Gasteiger partial charge in [-0.25, -0.2) is 14.8 Å². The van der Waals surface area contributed by atoms with Crippen molar-refractivity contribution in [3.63, 3.8) is 0 Å². The lowest BCUT2D eigenvalue weighted by atomic mass is 10.0. The average molecular weight is 422 g/mol. The lowest BCUT2D eigenvalue weighted by Crippen LogP contribution is -2.46. The maximum Gasteiger partial charge on any atom is 0.410 e. The molecule has 1 aromatic carbocycles. The molecule has 1 amide bonds. The molecule has 3 heterocycles. The van der Waals surface area contributed by atoms with Crippen molar-refractivity contribution in [2.24, 2.45) is 0 Å². The van der Waals surface area contributed by atoms with Crippen LogP contribution in [0, 0.1) is 0 Å². The van der Waals surface area contributed by atoms with E-state index >= 15 is 0 Å². The van der Waals surface area contributed by atoms with Crippen LogP contribution in [0.3, 0.4) is 0 Å². The number of likely N-dealkylation sites (tertiary alicyclic amines) is 1. The maximum atomic E-state index is 12.4. The average Bonchev–Trinajstić information content (AvgIpc) is 2.91. The van der Waals surface area contributed by atoms with E-state index in [0.717, 1.165) is 17.8 Å². The van der Waals surface area contributed by atoms with Crippen LogP contribution in [-0.4, -0.2) is 31.9 Å². The Labute approximate surface area is 157 Å². The third kappa shape index (κ3) is 2.98. The van der Waals surface area contributed by atoms with Gasteiger partial charge in [-0.15, -0.1) is 0 Å². The normalized spacial score (nSPS) is 16.7. The molecule has 1 aliphatic rings. The van der Waals surface area contributed by atoms with Gasteiger partial charge in [0.25, 0.3) is 0 Å². The van der Waals surface area contributed by atoms with Gasteiger partial charge >= 0.3 is 6.09 Å². The highest BCUT2D eigenvalue weighted by atomic mass is 79.9. The van der Waals surface area contributed by atoms with Crippen molar-refractivity contribution in [1.82, 2.24) is 19.3 Å². The molecule has 0 bridgehead atoms. The molecule has 1 unspecified atom stereocenters. The molecule has 1 aliphatic heterocycles. The summed E-state index contributed by atoms with van der Waals surface area (Å²) in [4.78, 5) is 22.7. The van der Waals surface area contributed by atoms with E-state index in [1.807, 2.05) is 34.7 Å². The van der Waals surface area contributed by atoms with Crippen molar-refractivity contribution in [2.45, 2.75) is 19.1 Å². The van der Waals surface area contributed by atoms with Crippen LogP contribution in [0.25, 0.3) is 5.52 Å². The van der Waals surface area contributed by atoms with Crippen molar-refractivity contribution in [1.29, 1.82) is 0 Å². The Hall–Kier alpha value is -2.12. The third-order valence-electron chi connectivity index (χ3n) is 4.25. The number of carbonyl (C=O) groups excluding carboxylic acids is 1. The van der Waals surface area contributed by atoms with Crippen molar-refractivity contribution < 1.29 is 9.53 Å². The van der Waals surface area contributed by atoms with Crippen LogP contribution < -0.4 is 0 Å². The smallest absolute Gasteiger partial charge is 0.410 e. The minimum atomic E-state index is -0.340. The molecule has 1 fully saturated rings. The summed E-state index contributed by atoms with van der Waals surface area (Å²) in [6.07, 6.45) is 3.89. The first-order valence-corrected chi connectivity index (χ1v) is 8.97. The maximum absolute atomic E-state index is 12.4. The van der Waals surface area contributed by atoms with Crippen LogP contribution in [0.1, 0.15) is 23.9 Å². The summed E-state index contributed by atoms with van der Waals surface area (Å²) in [5.74, 6) is 0.745. The fourth-order valence-corrected chi connectivity index (χ4v) is 3.81. The Morgan fingerprint density at radius 1 is 1.36 bits per heavy atom. The van der Waals surface area contributed by atoms with Crippen molar-refractivity contribution in [3.05, 3.63) is 63.9 Å². The number of aromatic nitrogens is 3. The Bertz CT molecular complexity index is 931. The number of nitrogens with zero attached hydrogens (tertiary/aromatic N) is 4. The summed E-state index contributed by atoms with van der Waals surface area (Å²) in [6.45, 7) is 0.897. The Balaban J connectivity index is 1.53. The van der Waals surface area contributed by atoms with Crippen LogP contribution >= 0.6 is 27.5 Å². The van der Waals surface area contributed by atoms with Gasteiger partial charge in [0.2, 0.25) is 0 Å². The zero-order valence-corrected chi connectivity index (χ0v) is 15.4. The first-order valence-electron chi connectivity index (χ1n) is 7.80. The molecule has 128 valence electrons. The van der Waals surface area contributed by atoms with E-state index in [1.54, 1.807) is 17.3 Å². The highest BCUT2D eigenvalue weighted by Crippen LogP contribution is 2.36. The quantitative estimate of drug-likeness (QED) is 0.635. The molecule has 3 aromatic rings. The lowest BCUT2D eigenvalue weighted by Gasteiger charge is -2.38. The lowest BCUT2D eigenvalue weighted by molar-refractivity contribution is 0.0401. The number of benzene rings is 1. The molecular weight excluding hydrogens is 408 g/mol. The molecule has 6 nitrogen and oxygen atoms in total. The summed E-state index contributed by atoms with van der Waals surface area (Å²) in [5.41, 5.74) is 1.66. The topological polar surface area (TPSA) is 59.7 Å². The van der Waals surface area contributed by atoms with E-state index in [9.17, 15) is 4.79 Å². The van der Waals surface area contributed by atoms with E-state index < -0.39 is 0 Å². The van der Waals surface area contributed by atoms with Crippen molar-refractivity contribution in [3.8, 4) is 0 Å². The molecule has 0 N–H and O–H groups in total. The van der Waals surface area contributed by atoms with Crippen LogP contribution in [0.5, 0.6) is 0 Å². The highest BCUT2D eigenvalue weighted by molar-refractivity contribution is 9.10. The number of hydrogen-bond acceptors (Lipinski definition) is 4. The molecular formula is C17H14BrClN4O2. The molecule has 1 atom stereocenters. The standard InChI is InChI=1S/C17H14BrClN4O2/c18-14-13-15(19)20-7-9-23(13)16(21-14)12-6-8-22(12)17(24)25-10-11-4-2-1-3-5-11/h1-5,7,9,12H,6,8,10H2. The fraction of sp³-hybridized carbons (Fsp3) is 0.235. The molecule has 0 aliphatic carbocycles. The summed E-state index contributed by atoms with van der Waals surface area (Å²) in [6, 6.07) is 9.48. The first-order chi connectivity index (χ1) is 12.1. The number of halogens is 2. The predicted molar refractivity (Wildman–Crippen MR) is 96.4 cm³/mol. The van der Waals surface area contributed by atoms with E-state index in [-0.39, 0.29) is 18.7 Å². The Kier molecular flexibility index (Phi) is 4.35. The van der Waals surface area contributed by atoms with Crippen molar-refractivity contribution >= 4 is 39.1 Å². The van der Waals surface area contributed by atoms with Crippen LogP contribution in [0.2, 0.25) is 5.15 Å². The van der Waals surface area contributed by atoms with Gasteiger partial charge in [0.15, 0.2) is 5.15 Å². The van der Waals surface area contributed by atoms with Gasteiger partial charge in [-0.2, -0.15) is 0 Å². The van der Waals surface area contributed by atoms with Crippen molar-refractivity contribution in [2.75, 3.05) is 6.54 Å². The number of carbonyl (C=O) groups is 1. The van der Waals surface area contributed by atoms with Gasteiger partial charge in [-0.05, 0) is 27.9 Å². The van der Waals surface area contributed by atoms with Gasteiger partial charge in [-0.1, -0.05) is 41.9 Å². The molecule has 0 spiro atoms. The third-order valence-corrected chi connectivity index (χ3v) is 5.08. The molecule has 0 saturated carbocycles. The largest absolute Gasteiger partial charge is 0.445 e. The van der Waals surface area contributed by atoms with Crippen LogP contribution in [0.4, 0.5) is 4.79 Å². The first kappa shape index (κ1) is 16.4. The molecule has 8 heteroatoms. The number of fused-ring (bicyclic) bond motifs is 1. The Morgan fingerprint density at radius 2 is 2.16 bits per heavy atom. The minimum Gasteiger partial charge on any atom is -0.445 e. The number of hydrogen-bond donors (Lipinski definition) is 0. The second-order valence-corrected chi connectivity index (χ2v) is 6.84. The van der Waals surface area contributed by atoms with Crippen LogP contribution in [-0.2, 0) is 11.3 Å². The van der Waals surface area contributed by atoms with E-state index in [0.29, 0.717) is 21.8 Å². The number of rotatable bonds is 3. The minimum absolute atomic E-state index is 0.138. The number of imidazole rings is 1. The monoisotopic (exact) mass is 420 g/mol. The molecule has 2 aromatic heterocycles. The van der Waals surface area contributed by atoms with Gasteiger partial charge in [0.1, 0.15) is 22.6 Å². The SMILES string of the molecule is O=C(OCc1ccccc1)N1CCC1c1nc(Br)c2c(Cl)nccn12. The zero-order chi connectivity index (χ0) is 17.4. The number of amides is 1.